The molecule has 4 nitrogen and oxygen atoms in total. The number of hydrogen-bond acceptors (Lipinski definition) is 3. The van der Waals surface area contributed by atoms with Crippen molar-refractivity contribution in [2.45, 2.75) is 24.7 Å². The van der Waals surface area contributed by atoms with Gasteiger partial charge in [0.05, 0.1) is 11.9 Å². The number of hydrogen-bond donors (Lipinski definition) is 1. The van der Waals surface area contributed by atoms with E-state index in [0.717, 1.165) is 19.4 Å². The van der Waals surface area contributed by atoms with Gasteiger partial charge in [-0.15, -0.1) is 0 Å². The molecule has 1 saturated heterocycles. The van der Waals surface area contributed by atoms with E-state index < -0.39 is 10.0 Å². The Hall–Kier alpha value is -0.620. The summed E-state index contributed by atoms with van der Waals surface area (Å²) in [5.74, 6) is -0.0553. The van der Waals surface area contributed by atoms with E-state index in [9.17, 15) is 8.42 Å². The molecule has 0 bridgehead atoms. The molecule has 6 heteroatoms. The topological polar surface area (TPSA) is 55.4 Å². The molecule has 0 radical (unpaired) electrons. The lowest BCUT2D eigenvalue weighted by Crippen LogP contribution is -2.32. The summed E-state index contributed by atoms with van der Waals surface area (Å²) in [5.41, 5.74) is 0.683. The van der Waals surface area contributed by atoms with E-state index in [4.69, 9.17) is 16.3 Å². The van der Waals surface area contributed by atoms with E-state index in [1.165, 1.54) is 0 Å². The Bertz CT molecular complexity index is 498. The third-order valence-electron chi connectivity index (χ3n) is 2.80. The quantitative estimate of drug-likeness (QED) is 0.901. The molecule has 1 unspecified atom stereocenters. The number of halogens is 1. The molecule has 1 atom stereocenters. The van der Waals surface area contributed by atoms with Crippen LogP contribution >= 0.6 is 11.6 Å². The van der Waals surface area contributed by atoms with E-state index >= 15 is 0 Å². The number of rotatable bonds is 5. The molecule has 1 aliphatic heterocycles. The Morgan fingerprint density at radius 2 is 2.28 bits per heavy atom. The number of nitrogens with one attached hydrogen (secondary N) is 1. The molecule has 1 N–H and O–H groups in total. The van der Waals surface area contributed by atoms with Crippen LogP contribution in [0.4, 0.5) is 0 Å². The van der Waals surface area contributed by atoms with Crippen LogP contribution in [-0.2, 0) is 20.5 Å². The van der Waals surface area contributed by atoms with Gasteiger partial charge >= 0.3 is 0 Å². The summed E-state index contributed by atoms with van der Waals surface area (Å²) in [4.78, 5) is 0. The SMILES string of the molecule is O=S(=O)(Cc1cccc(Cl)c1)NCC1CCCO1. The smallest absolute Gasteiger partial charge is 0.215 e. The molecule has 0 spiro atoms. The van der Waals surface area contributed by atoms with E-state index in [0.29, 0.717) is 17.1 Å². The largest absolute Gasteiger partial charge is 0.377 e. The van der Waals surface area contributed by atoms with Crippen LogP contribution in [0.3, 0.4) is 0 Å². The zero-order valence-corrected chi connectivity index (χ0v) is 11.5. The Labute approximate surface area is 112 Å². The lowest BCUT2D eigenvalue weighted by Gasteiger charge is -2.11. The summed E-state index contributed by atoms with van der Waals surface area (Å²) in [7, 11) is -3.33. The summed E-state index contributed by atoms with van der Waals surface area (Å²) in [6.07, 6.45) is 1.93. The summed E-state index contributed by atoms with van der Waals surface area (Å²) in [6, 6.07) is 6.87. The second-order valence-electron chi connectivity index (χ2n) is 4.37. The van der Waals surface area contributed by atoms with Crippen molar-refractivity contribution in [2.75, 3.05) is 13.2 Å². The first-order valence-electron chi connectivity index (χ1n) is 5.88. The van der Waals surface area contributed by atoms with Gasteiger partial charge in [-0.1, -0.05) is 23.7 Å². The Balaban J connectivity index is 1.90. The third kappa shape index (κ3) is 4.24. The standard InChI is InChI=1S/C12H16ClNO3S/c13-11-4-1-3-10(7-11)9-18(15,16)14-8-12-5-2-6-17-12/h1,3-4,7,12,14H,2,5-6,8-9H2. The van der Waals surface area contributed by atoms with Crippen molar-refractivity contribution in [1.82, 2.24) is 4.72 Å². The molecule has 0 saturated carbocycles. The Kier molecular flexibility index (Phi) is 4.61. The highest BCUT2D eigenvalue weighted by molar-refractivity contribution is 7.88. The van der Waals surface area contributed by atoms with E-state index in [1.807, 2.05) is 0 Å². The average Bonchev–Trinajstić information content (AvgIpc) is 2.78. The molecule has 1 fully saturated rings. The fourth-order valence-corrected chi connectivity index (χ4v) is 3.30. The molecule has 2 rings (SSSR count). The third-order valence-corrected chi connectivity index (χ3v) is 4.36. The monoisotopic (exact) mass is 289 g/mol. The molecule has 18 heavy (non-hydrogen) atoms. The minimum Gasteiger partial charge on any atom is -0.377 e. The first-order valence-corrected chi connectivity index (χ1v) is 7.91. The second kappa shape index (κ2) is 6.02. The van der Waals surface area contributed by atoms with Crippen molar-refractivity contribution in [3.63, 3.8) is 0 Å². The van der Waals surface area contributed by atoms with Crippen molar-refractivity contribution < 1.29 is 13.2 Å². The lowest BCUT2D eigenvalue weighted by atomic mass is 10.2. The normalized spacial score (nSPS) is 20.2. The van der Waals surface area contributed by atoms with E-state index in [1.54, 1.807) is 24.3 Å². The maximum Gasteiger partial charge on any atom is 0.215 e. The van der Waals surface area contributed by atoms with Gasteiger partial charge in [0.2, 0.25) is 10.0 Å². The average molecular weight is 290 g/mol. The summed E-state index contributed by atoms with van der Waals surface area (Å²) < 4.78 is 31.7. The maximum absolute atomic E-state index is 11.9. The van der Waals surface area contributed by atoms with Crippen molar-refractivity contribution in [3.05, 3.63) is 34.9 Å². The molecule has 0 aromatic heterocycles. The Morgan fingerprint density at radius 3 is 2.94 bits per heavy atom. The molecule has 0 aliphatic carbocycles. The summed E-state index contributed by atoms with van der Waals surface area (Å²) in [6.45, 7) is 1.07. The van der Waals surface area contributed by atoms with Crippen LogP contribution < -0.4 is 4.72 Å². The molecule has 0 amide bonds. The predicted molar refractivity (Wildman–Crippen MR) is 71.1 cm³/mol. The van der Waals surface area contributed by atoms with Gasteiger partial charge in [0.1, 0.15) is 0 Å². The van der Waals surface area contributed by atoms with E-state index in [2.05, 4.69) is 4.72 Å². The van der Waals surface area contributed by atoms with Crippen LogP contribution in [-0.4, -0.2) is 27.7 Å². The highest BCUT2D eigenvalue weighted by Gasteiger charge is 2.19. The molecule has 1 aliphatic rings. The molecule has 1 heterocycles. The summed E-state index contributed by atoms with van der Waals surface area (Å²) in [5, 5.41) is 0.543. The van der Waals surface area contributed by atoms with Crippen molar-refractivity contribution in [2.24, 2.45) is 0 Å². The van der Waals surface area contributed by atoms with Crippen LogP contribution in [0, 0.1) is 0 Å². The van der Waals surface area contributed by atoms with Crippen LogP contribution in [0.2, 0.25) is 5.02 Å². The predicted octanol–water partition coefficient (Wildman–Crippen LogP) is 1.94. The Morgan fingerprint density at radius 1 is 1.44 bits per heavy atom. The first kappa shape index (κ1) is 13.8. The zero-order chi connectivity index (χ0) is 13.0. The van der Waals surface area contributed by atoms with Gasteiger partial charge in [-0.2, -0.15) is 0 Å². The van der Waals surface area contributed by atoms with Gasteiger partial charge in [-0.25, -0.2) is 13.1 Å². The molecule has 1 aromatic rings. The van der Waals surface area contributed by atoms with Gasteiger partial charge in [0.15, 0.2) is 0 Å². The van der Waals surface area contributed by atoms with Crippen molar-refractivity contribution in [1.29, 1.82) is 0 Å². The number of sulfonamides is 1. The number of ether oxygens (including phenoxy) is 1. The first-order chi connectivity index (χ1) is 8.55. The zero-order valence-electron chi connectivity index (χ0n) is 9.93. The van der Waals surface area contributed by atoms with Crippen LogP contribution in [0.1, 0.15) is 18.4 Å². The highest BCUT2D eigenvalue weighted by atomic mass is 35.5. The second-order valence-corrected chi connectivity index (χ2v) is 6.62. The highest BCUT2D eigenvalue weighted by Crippen LogP contribution is 2.14. The molecule has 1 aromatic carbocycles. The van der Waals surface area contributed by atoms with Crippen LogP contribution in [0.25, 0.3) is 0 Å². The molecular weight excluding hydrogens is 274 g/mol. The van der Waals surface area contributed by atoms with Crippen LogP contribution in [0.15, 0.2) is 24.3 Å². The van der Waals surface area contributed by atoms with Crippen molar-refractivity contribution in [3.8, 4) is 0 Å². The summed E-state index contributed by atoms with van der Waals surface area (Å²) >= 11 is 5.82. The molecule has 100 valence electrons. The fraction of sp³-hybridized carbons (Fsp3) is 0.500. The minimum atomic E-state index is -3.33. The van der Waals surface area contributed by atoms with Gasteiger partial charge in [0, 0.05) is 18.2 Å². The molecular formula is C12H16ClNO3S. The fourth-order valence-electron chi connectivity index (χ4n) is 1.92. The van der Waals surface area contributed by atoms with E-state index in [-0.39, 0.29) is 11.9 Å². The van der Waals surface area contributed by atoms with Crippen LogP contribution in [0.5, 0.6) is 0 Å². The lowest BCUT2D eigenvalue weighted by molar-refractivity contribution is 0.114. The van der Waals surface area contributed by atoms with Gasteiger partial charge in [0.25, 0.3) is 0 Å². The van der Waals surface area contributed by atoms with Gasteiger partial charge < -0.3 is 4.74 Å². The maximum atomic E-state index is 11.9. The number of benzene rings is 1. The minimum absolute atomic E-state index is 0.0131. The van der Waals surface area contributed by atoms with Gasteiger partial charge in [-0.05, 0) is 30.5 Å². The van der Waals surface area contributed by atoms with Crippen molar-refractivity contribution >= 4 is 21.6 Å². The van der Waals surface area contributed by atoms with Gasteiger partial charge in [-0.3, -0.25) is 0 Å².